The van der Waals surface area contributed by atoms with Gasteiger partial charge in [-0.3, -0.25) is 4.79 Å². The minimum absolute atomic E-state index is 0.150. The Kier molecular flexibility index (Phi) is 7.22. The second kappa shape index (κ2) is 9.53. The molecule has 0 radical (unpaired) electrons. The number of sulfonamides is 1. The van der Waals surface area contributed by atoms with Gasteiger partial charge in [-0.1, -0.05) is 55.2 Å². The number of aryl methyl sites for hydroxylation is 5. The molecule has 6 heteroatoms. The lowest BCUT2D eigenvalue weighted by Crippen LogP contribution is -2.46. The summed E-state index contributed by atoms with van der Waals surface area (Å²) in [4.78, 5) is 13.4. The van der Waals surface area contributed by atoms with E-state index in [1.165, 1.54) is 4.31 Å². The Morgan fingerprint density at radius 3 is 2.03 bits per heavy atom. The predicted molar refractivity (Wildman–Crippen MR) is 126 cm³/mol. The number of hydrogen-bond donors (Lipinski definition) is 1. The molecule has 1 aliphatic carbocycles. The van der Waals surface area contributed by atoms with Crippen molar-refractivity contribution in [2.24, 2.45) is 0 Å². The van der Waals surface area contributed by atoms with Gasteiger partial charge in [-0.25, -0.2) is 8.42 Å². The van der Waals surface area contributed by atoms with E-state index in [0.717, 1.165) is 65.6 Å². The van der Waals surface area contributed by atoms with Crippen molar-refractivity contribution in [2.75, 3.05) is 11.9 Å². The van der Waals surface area contributed by atoms with Gasteiger partial charge in [0.2, 0.25) is 15.9 Å². The Balaban J connectivity index is 1.96. The van der Waals surface area contributed by atoms with Crippen molar-refractivity contribution in [3.8, 4) is 0 Å². The number of rotatable bonds is 6. The third-order valence-electron chi connectivity index (χ3n) is 6.20. The molecule has 0 unspecified atom stereocenters. The molecule has 3 rings (SSSR count). The van der Waals surface area contributed by atoms with Crippen LogP contribution in [-0.2, 0) is 14.8 Å². The molecule has 0 bridgehead atoms. The normalized spacial score (nSPS) is 15.3. The molecule has 1 fully saturated rings. The number of benzene rings is 2. The summed E-state index contributed by atoms with van der Waals surface area (Å²) in [5.74, 6) is -0.297. The summed E-state index contributed by atoms with van der Waals surface area (Å²) < 4.78 is 29.2. The molecule has 5 nitrogen and oxygen atoms in total. The van der Waals surface area contributed by atoms with Gasteiger partial charge in [-0.2, -0.15) is 4.31 Å². The number of anilines is 1. The molecule has 1 amide bonds. The Labute approximate surface area is 186 Å². The lowest BCUT2D eigenvalue weighted by Gasteiger charge is -2.34. The van der Waals surface area contributed by atoms with Gasteiger partial charge in [0.1, 0.15) is 0 Å². The highest BCUT2D eigenvalue weighted by molar-refractivity contribution is 7.89. The SMILES string of the molecule is Cc1cc(C)c(S(=O)(=O)N(CC(=O)Nc2c(C)cccc2C)C2CCCCC2)c(C)c1. The first kappa shape index (κ1) is 23.5. The van der Waals surface area contributed by atoms with E-state index in [4.69, 9.17) is 0 Å². The van der Waals surface area contributed by atoms with Crippen molar-refractivity contribution < 1.29 is 13.2 Å². The van der Waals surface area contributed by atoms with E-state index < -0.39 is 10.0 Å². The van der Waals surface area contributed by atoms with Crippen LogP contribution < -0.4 is 5.32 Å². The fourth-order valence-electron chi connectivity index (χ4n) is 4.80. The van der Waals surface area contributed by atoms with E-state index in [-0.39, 0.29) is 18.5 Å². The number of para-hydroxylation sites is 1. The van der Waals surface area contributed by atoms with Crippen LogP contribution in [0.2, 0.25) is 0 Å². The lowest BCUT2D eigenvalue weighted by molar-refractivity contribution is -0.116. The Morgan fingerprint density at radius 1 is 0.935 bits per heavy atom. The van der Waals surface area contributed by atoms with Crippen molar-refractivity contribution in [3.05, 3.63) is 58.1 Å². The zero-order valence-corrected chi connectivity index (χ0v) is 20.1. The molecule has 1 aliphatic rings. The molecule has 31 heavy (non-hydrogen) atoms. The molecular formula is C25H34N2O3S. The summed E-state index contributed by atoms with van der Waals surface area (Å²) in [6, 6.07) is 9.48. The van der Waals surface area contributed by atoms with Crippen LogP contribution in [0.5, 0.6) is 0 Å². The minimum atomic E-state index is -3.81. The molecule has 2 aromatic carbocycles. The maximum Gasteiger partial charge on any atom is 0.244 e. The first-order valence-electron chi connectivity index (χ1n) is 11.1. The molecule has 168 valence electrons. The zero-order valence-electron chi connectivity index (χ0n) is 19.3. The van der Waals surface area contributed by atoms with Crippen molar-refractivity contribution in [2.45, 2.75) is 77.7 Å². The minimum Gasteiger partial charge on any atom is -0.324 e. The zero-order chi connectivity index (χ0) is 22.8. The van der Waals surface area contributed by atoms with Gasteiger partial charge < -0.3 is 5.32 Å². The second-order valence-corrected chi connectivity index (χ2v) is 10.7. The van der Waals surface area contributed by atoms with Crippen LogP contribution >= 0.6 is 0 Å². The molecule has 0 heterocycles. The van der Waals surface area contributed by atoms with E-state index in [1.54, 1.807) is 0 Å². The van der Waals surface area contributed by atoms with Gasteiger partial charge >= 0.3 is 0 Å². The number of nitrogens with zero attached hydrogens (tertiary/aromatic N) is 1. The van der Waals surface area contributed by atoms with Crippen LogP contribution in [0.1, 0.15) is 59.9 Å². The van der Waals surface area contributed by atoms with Crippen molar-refractivity contribution in [1.29, 1.82) is 0 Å². The van der Waals surface area contributed by atoms with Crippen LogP contribution in [0.25, 0.3) is 0 Å². The highest BCUT2D eigenvalue weighted by atomic mass is 32.2. The summed E-state index contributed by atoms with van der Waals surface area (Å²) in [5.41, 5.74) is 5.18. The molecule has 0 aromatic heterocycles. The third kappa shape index (κ3) is 5.18. The van der Waals surface area contributed by atoms with Gasteiger partial charge in [0.25, 0.3) is 0 Å². The largest absolute Gasteiger partial charge is 0.324 e. The molecule has 1 N–H and O–H groups in total. The fourth-order valence-corrected chi connectivity index (χ4v) is 6.86. The highest BCUT2D eigenvalue weighted by Gasteiger charge is 2.35. The number of hydrogen-bond acceptors (Lipinski definition) is 3. The fraction of sp³-hybridized carbons (Fsp3) is 0.480. The van der Waals surface area contributed by atoms with E-state index in [2.05, 4.69) is 5.32 Å². The van der Waals surface area contributed by atoms with Crippen LogP contribution in [-0.4, -0.2) is 31.2 Å². The molecule has 2 aromatic rings. The monoisotopic (exact) mass is 442 g/mol. The number of amides is 1. The molecule has 0 saturated heterocycles. The maximum absolute atomic E-state index is 13.9. The highest BCUT2D eigenvalue weighted by Crippen LogP contribution is 2.31. The summed E-state index contributed by atoms with van der Waals surface area (Å²) in [7, 11) is -3.81. The van der Waals surface area contributed by atoms with Gasteiger partial charge in [-0.05, 0) is 69.7 Å². The molecular weight excluding hydrogens is 408 g/mol. The second-order valence-electron chi connectivity index (χ2n) is 8.88. The summed E-state index contributed by atoms with van der Waals surface area (Å²) in [6.07, 6.45) is 4.67. The van der Waals surface area contributed by atoms with Crippen LogP contribution in [0.15, 0.2) is 35.2 Å². The van der Waals surface area contributed by atoms with Crippen LogP contribution in [0.4, 0.5) is 5.69 Å². The molecule has 0 spiro atoms. The van der Waals surface area contributed by atoms with E-state index in [0.29, 0.717) is 4.90 Å². The standard InChI is InChI=1S/C25H34N2O3S/c1-17-14-20(4)25(21(5)15-17)31(29,30)27(22-12-7-6-8-13-22)16-23(28)26-24-18(2)10-9-11-19(24)3/h9-11,14-15,22H,6-8,12-13,16H2,1-5H3,(H,26,28). The average Bonchev–Trinajstić information content (AvgIpc) is 2.68. The topological polar surface area (TPSA) is 66.5 Å². The summed E-state index contributed by atoms with van der Waals surface area (Å²) in [6.45, 7) is 9.35. The maximum atomic E-state index is 13.9. The number of carbonyl (C=O) groups is 1. The van der Waals surface area contributed by atoms with Crippen molar-refractivity contribution >= 4 is 21.6 Å². The Morgan fingerprint density at radius 2 is 1.48 bits per heavy atom. The smallest absolute Gasteiger partial charge is 0.244 e. The quantitative estimate of drug-likeness (QED) is 0.669. The number of carbonyl (C=O) groups excluding carboxylic acids is 1. The third-order valence-corrected chi connectivity index (χ3v) is 8.40. The Hall–Kier alpha value is -2.18. The van der Waals surface area contributed by atoms with Gasteiger partial charge in [0.05, 0.1) is 11.4 Å². The van der Waals surface area contributed by atoms with Gasteiger partial charge in [0.15, 0.2) is 0 Å². The molecule has 1 saturated carbocycles. The first-order valence-corrected chi connectivity index (χ1v) is 12.5. The van der Waals surface area contributed by atoms with E-state index in [9.17, 15) is 13.2 Å². The van der Waals surface area contributed by atoms with Gasteiger partial charge in [-0.15, -0.1) is 0 Å². The van der Waals surface area contributed by atoms with Crippen LogP contribution in [0.3, 0.4) is 0 Å². The summed E-state index contributed by atoms with van der Waals surface area (Å²) in [5, 5.41) is 2.96. The van der Waals surface area contributed by atoms with Crippen molar-refractivity contribution in [3.63, 3.8) is 0 Å². The molecule has 0 atom stereocenters. The Bertz CT molecular complexity index is 1030. The van der Waals surface area contributed by atoms with Crippen LogP contribution in [0, 0.1) is 34.6 Å². The van der Waals surface area contributed by atoms with E-state index >= 15 is 0 Å². The van der Waals surface area contributed by atoms with Gasteiger partial charge in [0, 0.05) is 11.7 Å². The predicted octanol–water partition coefficient (Wildman–Crippen LogP) is 5.19. The first-order chi connectivity index (χ1) is 14.6. The average molecular weight is 443 g/mol. The molecule has 0 aliphatic heterocycles. The summed E-state index contributed by atoms with van der Waals surface area (Å²) >= 11 is 0. The lowest BCUT2D eigenvalue weighted by atomic mass is 9.95. The van der Waals surface area contributed by atoms with Crippen molar-refractivity contribution in [1.82, 2.24) is 4.31 Å². The van der Waals surface area contributed by atoms with E-state index in [1.807, 2.05) is 65.0 Å². The number of nitrogens with one attached hydrogen (secondary N) is 1.